The summed E-state index contributed by atoms with van der Waals surface area (Å²) in [6, 6.07) is 0.683. The van der Waals surface area contributed by atoms with E-state index in [9.17, 15) is 19.2 Å². The van der Waals surface area contributed by atoms with Gasteiger partial charge in [-0.1, -0.05) is 37.4 Å². The predicted molar refractivity (Wildman–Crippen MR) is 187 cm³/mol. The van der Waals surface area contributed by atoms with Crippen LogP contribution in [0.25, 0.3) is 0 Å². The molecule has 0 spiro atoms. The third kappa shape index (κ3) is 21.0. The number of amides is 6. The molecule has 6 amide bonds. The number of nitrogens with zero attached hydrogens (tertiary/aromatic N) is 1. The van der Waals surface area contributed by atoms with Crippen molar-refractivity contribution in [3.63, 3.8) is 0 Å². The summed E-state index contributed by atoms with van der Waals surface area (Å²) < 4.78 is 32.2. The van der Waals surface area contributed by atoms with E-state index >= 15 is 0 Å². The molecular formula is C29H61N5O10SSi2. The summed E-state index contributed by atoms with van der Waals surface area (Å²) in [6.45, 7) is 3.89. The standard InChI is InChI=1S/C29H61N5O10SSi2/c1-26(35)34(22-15-11-10-14-20-33-29(38)45-23-17-25-47(42-5,43-6)44-7)28(37)32-19-13-9-8-12-18-30-27(36)31-21-16-24-46(39-2,40-3)41-4/h8-25H2,1-7H3,(H,32,37)(H,33,38)(H2,30,31,36). The molecule has 0 atom stereocenters. The molecular weight excluding hydrogens is 667 g/mol. The van der Waals surface area contributed by atoms with Gasteiger partial charge in [-0.05, 0) is 38.5 Å². The van der Waals surface area contributed by atoms with Gasteiger partial charge in [0.1, 0.15) is 0 Å². The van der Waals surface area contributed by atoms with Gasteiger partial charge < -0.3 is 47.8 Å². The van der Waals surface area contributed by atoms with Crippen LogP contribution in [0.3, 0.4) is 0 Å². The average molecular weight is 728 g/mol. The first-order valence-corrected chi connectivity index (χ1v) is 21.2. The fraction of sp³-hybridized carbons (Fsp3) is 0.862. The topological polar surface area (TPSA) is 175 Å². The van der Waals surface area contributed by atoms with Crippen LogP contribution in [0, 0.1) is 0 Å². The number of unbranched alkanes of at least 4 members (excludes halogenated alkanes) is 6. The molecule has 0 radical (unpaired) electrons. The molecule has 276 valence electrons. The molecule has 0 saturated heterocycles. The van der Waals surface area contributed by atoms with E-state index in [1.165, 1.54) is 23.6 Å². The Bertz CT molecular complexity index is 857. The van der Waals surface area contributed by atoms with E-state index in [4.69, 9.17) is 26.6 Å². The normalized spacial score (nSPS) is 11.6. The highest BCUT2D eigenvalue weighted by molar-refractivity contribution is 8.13. The number of carbonyl (C=O) groups excluding carboxylic acids is 4. The fourth-order valence-corrected chi connectivity index (χ4v) is 9.00. The molecule has 0 aliphatic rings. The van der Waals surface area contributed by atoms with Crippen molar-refractivity contribution in [1.29, 1.82) is 0 Å². The summed E-state index contributed by atoms with van der Waals surface area (Å²) in [5, 5.41) is 11.3. The molecule has 18 heteroatoms. The van der Waals surface area contributed by atoms with Gasteiger partial charge in [0.25, 0.3) is 5.24 Å². The van der Waals surface area contributed by atoms with Gasteiger partial charge in [-0.3, -0.25) is 14.5 Å². The lowest BCUT2D eigenvalue weighted by Crippen LogP contribution is -2.43. The first-order chi connectivity index (χ1) is 22.6. The van der Waals surface area contributed by atoms with E-state index in [1.54, 1.807) is 42.7 Å². The number of rotatable bonds is 28. The van der Waals surface area contributed by atoms with Crippen LogP contribution in [0.4, 0.5) is 14.4 Å². The van der Waals surface area contributed by atoms with Gasteiger partial charge in [-0.2, -0.15) is 0 Å². The number of urea groups is 2. The van der Waals surface area contributed by atoms with Gasteiger partial charge >= 0.3 is 29.7 Å². The second kappa shape index (κ2) is 28.1. The largest absolute Gasteiger partial charge is 0.500 e. The van der Waals surface area contributed by atoms with E-state index in [2.05, 4.69) is 21.3 Å². The molecule has 15 nitrogen and oxygen atoms in total. The van der Waals surface area contributed by atoms with Crippen molar-refractivity contribution in [2.24, 2.45) is 0 Å². The van der Waals surface area contributed by atoms with Crippen LogP contribution in [0.1, 0.15) is 71.1 Å². The zero-order valence-corrected chi connectivity index (χ0v) is 32.5. The van der Waals surface area contributed by atoms with Gasteiger partial charge in [0.05, 0.1) is 0 Å². The van der Waals surface area contributed by atoms with E-state index in [-0.39, 0.29) is 23.2 Å². The highest BCUT2D eigenvalue weighted by Gasteiger charge is 2.37. The van der Waals surface area contributed by atoms with Crippen LogP contribution < -0.4 is 21.3 Å². The lowest BCUT2D eigenvalue weighted by atomic mass is 10.2. The monoisotopic (exact) mass is 727 g/mol. The quantitative estimate of drug-likeness (QED) is 0.0679. The van der Waals surface area contributed by atoms with Crippen molar-refractivity contribution in [3.8, 4) is 0 Å². The molecule has 0 saturated carbocycles. The minimum atomic E-state index is -2.62. The Hall–Kier alpha value is -1.78. The molecule has 0 bridgehead atoms. The van der Waals surface area contributed by atoms with Gasteiger partial charge in [-0.25, -0.2) is 9.59 Å². The minimum absolute atomic E-state index is 0.0582. The maximum atomic E-state index is 12.5. The highest BCUT2D eigenvalue weighted by Crippen LogP contribution is 2.18. The number of nitrogens with one attached hydrogen (secondary N) is 4. The number of hydrogen-bond donors (Lipinski definition) is 4. The predicted octanol–water partition coefficient (Wildman–Crippen LogP) is 3.94. The number of hydrogen-bond acceptors (Lipinski definition) is 11. The SMILES string of the molecule is CO[Si](CCCNC(=O)NCCCCCCNC(=O)N(CCCCCCNC(=O)SCCC[Si](OC)(OC)OC)C(C)=O)(OC)OC. The third-order valence-electron chi connectivity index (χ3n) is 7.54. The lowest BCUT2D eigenvalue weighted by Gasteiger charge is -2.24. The van der Waals surface area contributed by atoms with Crippen molar-refractivity contribution >= 4 is 52.6 Å². The molecule has 0 aromatic carbocycles. The lowest BCUT2D eigenvalue weighted by molar-refractivity contribution is -0.126. The number of thioether (sulfide) groups is 1. The van der Waals surface area contributed by atoms with Gasteiger partial charge in [0, 0.05) is 100 Å². The summed E-state index contributed by atoms with van der Waals surface area (Å²) >= 11 is 1.24. The summed E-state index contributed by atoms with van der Waals surface area (Å²) in [5.41, 5.74) is 0. The zero-order chi connectivity index (χ0) is 35.4. The first-order valence-electron chi connectivity index (χ1n) is 16.4. The Morgan fingerprint density at radius 3 is 1.47 bits per heavy atom. The molecule has 0 aliphatic carbocycles. The van der Waals surface area contributed by atoms with Crippen LogP contribution in [0.2, 0.25) is 12.1 Å². The first kappa shape index (κ1) is 45.2. The zero-order valence-electron chi connectivity index (χ0n) is 29.7. The van der Waals surface area contributed by atoms with E-state index in [0.29, 0.717) is 63.4 Å². The summed E-state index contributed by atoms with van der Waals surface area (Å²) in [5.74, 6) is 0.373. The fourth-order valence-electron chi connectivity index (χ4n) is 4.62. The molecule has 0 aliphatic heterocycles. The van der Waals surface area contributed by atoms with Crippen LogP contribution in [0.5, 0.6) is 0 Å². The van der Waals surface area contributed by atoms with Crippen molar-refractivity contribution in [2.45, 2.75) is 83.2 Å². The minimum Gasteiger partial charge on any atom is -0.377 e. The molecule has 0 heterocycles. The van der Waals surface area contributed by atoms with Crippen LogP contribution in [-0.2, 0) is 31.4 Å². The van der Waals surface area contributed by atoms with E-state index < -0.39 is 17.6 Å². The van der Waals surface area contributed by atoms with Crippen molar-refractivity contribution < 1.29 is 45.7 Å². The van der Waals surface area contributed by atoms with E-state index in [0.717, 1.165) is 51.4 Å². The molecule has 47 heavy (non-hydrogen) atoms. The van der Waals surface area contributed by atoms with Gasteiger partial charge in [-0.15, -0.1) is 0 Å². The highest BCUT2D eigenvalue weighted by atomic mass is 32.2. The summed E-state index contributed by atoms with van der Waals surface area (Å²) in [7, 11) is 4.21. The van der Waals surface area contributed by atoms with Crippen LogP contribution >= 0.6 is 11.8 Å². The molecule has 4 N–H and O–H groups in total. The summed E-state index contributed by atoms with van der Waals surface area (Å²) in [4.78, 5) is 49.8. The Balaban J connectivity index is 3.88. The molecule has 0 unspecified atom stereocenters. The Labute approximate surface area is 288 Å². The van der Waals surface area contributed by atoms with Gasteiger partial charge in [0.2, 0.25) is 5.91 Å². The smallest absolute Gasteiger partial charge is 0.377 e. The Kier molecular flexibility index (Phi) is 27.0. The van der Waals surface area contributed by atoms with Crippen molar-refractivity contribution in [2.75, 3.05) is 81.1 Å². The Morgan fingerprint density at radius 2 is 0.979 bits per heavy atom. The number of imide groups is 1. The van der Waals surface area contributed by atoms with Crippen LogP contribution in [0.15, 0.2) is 0 Å². The van der Waals surface area contributed by atoms with E-state index in [1.807, 2.05) is 0 Å². The summed E-state index contributed by atoms with van der Waals surface area (Å²) in [6.07, 6.45) is 8.13. The van der Waals surface area contributed by atoms with Crippen molar-refractivity contribution in [1.82, 2.24) is 26.2 Å². The van der Waals surface area contributed by atoms with Crippen molar-refractivity contribution in [3.05, 3.63) is 0 Å². The maximum Gasteiger partial charge on any atom is 0.500 e. The second-order valence-electron chi connectivity index (χ2n) is 10.8. The van der Waals surface area contributed by atoms with Gasteiger partial charge in [0.15, 0.2) is 0 Å². The third-order valence-corrected chi connectivity index (χ3v) is 14.1. The number of carbonyl (C=O) groups is 4. The Morgan fingerprint density at radius 1 is 0.553 bits per heavy atom. The molecule has 0 aromatic heterocycles. The van der Waals surface area contributed by atoms with Crippen LogP contribution in [-0.4, -0.2) is 127 Å². The average Bonchev–Trinajstić information content (AvgIpc) is 3.07. The second-order valence-corrected chi connectivity index (χ2v) is 18.0. The molecule has 0 aromatic rings. The maximum absolute atomic E-state index is 12.5. The molecule has 0 fully saturated rings. The molecule has 0 rings (SSSR count).